The Morgan fingerprint density at radius 2 is 1.90 bits per heavy atom. The molecule has 2 aromatic heterocycles. The first kappa shape index (κ1) is 20.2. The lowest BCUT2D eigenvalue weighted by Crippen LogP contribution is -2.36. The number of aliphatic imine (C=N–C) groups is 1. The molecule has 0 aliphatic carbocycles. The Bertz CT molecular complexity index is 1000. The number of rotatable bonds is 5. The Labute approximate surface area is 167 Å². The first-order valence-electron chi connectivity index (χ1n) is 9.26. The topological polar surface area (TPSA) is 108 Å². The molecule has 1 aromatic carbocycles. The van der Waals surface area contributed by atoms with Crippen LogP contribution in [0.25, 0.3) is 11.3 Å². The lowest BCUT2D eigenvalue weighted by atomic mass is 10.1. The molecule has 29 heavy (non-hydrogen) atoms. The molecule has 1 amide bonds. The van der Waals surface area contributed by atoms with Gasteiger partial charge in [0.25, 0.3) is 5.91 Å². The summed E-state index contributed by atoms with van der Waals surface area (Å²) < 4.78 is 18.2. The number of anilines is 1. The molecule has 0 unspecified atom stereocenters. The highest BCUT2D eigenvalue weighted by molar-refractivity contribution is 6.08. The fourth-order valence-corrected chi connectivity index (χ4v) is 2.48. The average molecular weight is 398 g/mol. The molecule has 0 aliphatic rings. The molecule has 0 spiro atoms. The normalized spacial score (nSPS) is 11.9. The van der Waals surface area contributed by atoms with E-state index in [2.05, 4.69) is 31.0 Å². The number of hydrogen-bond donors (Lipinski definition) is 3. The molecule has 0 saturated carbocycles. The zero-order valence-corrected chi connectivity index (χ0v) is 16.7. The van der Waals surface area contributed by atoms with Crippen molar-refractivity contribution in [1.29, 1.82) is 0 Å². The molecule has 152 valence electrons. The predicted octanol–water partition coefficient (Wildman–Crippen LogP) is 3.93. The Morgan fingerprint density at radius 3 is 2.52 bits per heavy atom. The van der Waals surface area contributed by atoms with Crippen molar-refractivity contribution in [2.45, 2.75) is 39.7 Å². The number of nitrogens with zero attached hydrogens (tertiary/aromatic N) is 3. The summed E-state index contributed by atoms with van der Waals surface area (Å²) in [7, 11) is 0. The smallest absolute Gasteiger partial charge is 0.296 e. The highest BCUT2D eigenvalue weighted by Crippen LogP contribution is 2.20. The van der Waals surface area contributed by atoms with Gasteiger partial charge in [-0.25, -0.2) is 9.38 Å². The van der Waals surface area contributed by atoms with Gasteiger partial charge in [0.2, 0.25) is 11.7 Å². The number of amides is 1. The number of H-pyrrole nitrogens is 1. The van der Waals surface area contributed by atoms with Gasteiger partial charge >= 0.3 is 0 Å². The van der Waals surface area contributed by atoms with Crippen LogP contribution in [0.2, 0.25) is 0 Å². The van der Waals surface area contributed by atoms with E-state index in [0.717, 1.165) is 5.56 Å². The van der Waals surface area contributed by atoms with E-state index in [9.17, 15) is 9.18 Å². The van der Waals surface area contributed by atoms with Crippen LogP contribution in [-0.4, -0.2) is 33.3 Å². The SMILES string of the molecule is CC(C)N=C(NC(=O)c1cc(C(C)C)no1)Nc1cc(-c2ccc(F)cc2)[nH]n1. The first-order valence-corrected chi connectivity index (χ1v) is 9.26. The summed E-state index contributed by atoms with van der Waals surface area (Å²) in [6.07, 6.45) is 0. The van der Waals surface area contributed by atoms with Crippen molar-refractivity contribution in [1.82, 2.24) is 20.7 Å². The minimum absolute atomic E-state index is 0.0748. The standard InChI is InChI=1S/C20H23FN6O2/c1-11(2)15-9-17(29-27-15)19(28)24-20(22-12(3)4)23-18-10-16(25-26-18)13-5-7-14(21)8-6-13/h5-12H,1-4H3,(H3,22,23,24,25,26,28). The minimum Gasteiger partial charge on any atom is -0.351 e. The maximum Gasteiger partial charge on any atom is 0.296 e. The first-order chi connectivity index (χ1) is 13.8. The van der Waals surface area contributed by atoms with Crippen LogP contribution in [0.1, 0.15) is 49.9 Å². The highest BCUT2D eigenvalue weighted by atomic mass is 19.1. The average Bonchev–Trinajstić information content (AvgIpc) is 3.31. The van der Waals surface area contributed by atoms with Crippen molar-refractivity contribution in [2.24, 2.45) is 4.99 Å². The number of halogens is 1. The zero-order valence-electron chi connectivity index (χ0n) is 16.7. The van der Waals surface area contributed by atoms with Crippen LogP contribution < -0.4 is 10.6 Å². The maximum atomic E-state index is 13.1. The van der Waals surface area contributed by atoms with E-state index in [0.29, 0.717) is 17.2 Å². The number of benzene rings is 1. The van der Waals surface area contributed by atoms with Crippen molar-refractivity contribution in [2.75, 3.05) is 5.32 Å². The number of carbonyl (C=O) groups excluding carboxylic acids is 1. The van der Waals surface area contributed by atoms with Gasteiger partial charge in [-0.3, -0.25) is 15.2 Å². The number of aromatic amines is 1. The molecule has 3 N–H and O–H groups in total. The summed E-state index contributed by atoms with van der Waals surface area (Å²) in [6, 6.07) is 9.31. The van der Waals surface area contributed by atoms with E-state index in [-0.39, 0.29) is 29.5 Å². The Balaban J connectivity index is 1.74. The second-order valence-electron chi connectivity index (χ2n) is 7.10. The molecule has 0 saturated heterocycles. The third-order valence-corrected chi connectivity index (χ3v) is 3.94. The molecule has 8 nitrogen and oxygen atoms in total. The maximum absolute atomic E-state index is 13.1. The van der Waals surface area contributed by atoms with Gasteiger partial charge in [0.1, 0.15) is 5.82 Å². The summed E-state index contributed by atoms with van der Waals surface area (Å²) >= 11 is 0. The predicted molar refractivity (Wildman–Crippen MR) is 108 cm³/mol. The van der Waals surface area contributed by atoms with Crippen LogP contribution in [0.3, 0.4) is 0 Å². The van der Waals surface area contributed by atoms with Crippen LogP contribution in [0.4, 0.5) is 10.2 Å². The highest BCUT2D eigenvalue weighted by Gasteiger charge is 2.17. The molecule has 3 rings (SSSR count). The Kier molecular flexibility index (Phi) is 6.06. The molecule has 0 radical (unpaired) electrons. The number of carbonyl (C=O) groups is 1. The summed E-state index contributed by atoms with van der Waals surface area (Å²) in [5.74, 6) is 0.144. The second-order valence-corrected chi connectivity index (χ2v) is 7.10. The molecule has 2 heterocycles. The van der Waals surface area contributed by atoms with Crippen LogP contribution in [-0.2, 0) is 0 Å². The van der Waals surface area contributed by atoms with Crippen molar-refractivity contribution in [3.8, 4) is 11.3 Å². The minimum atomic E-state index is -0.467. The van der Waals surface area contributed by atoms with Crippen molar-refractivity contribution >= 4 is 17.7 Å². The monoisotopic (exact) mass is 398 g/mol. The molecule has 0 bridgehead atoms. The van der Waals surface area contributed by atoms with E-state index in [4.69, 9.17) is 4.52 Å². The lowest BCUT2D eigenvalue weighted by molar-refractivity contribution is 0.0940. The third-order valence-electron chi connectivity index (χ3n) is 3.94. The van der Waals surface area contributed by atoms with E-state index in [1.807, 2.05) is 27.7 Å². The number of hydrogen-bond acceptors (Lipinski definition) is 5. The van der Waals surface area contributed by atoms with Crippen molar-refractivity contribution < 1.29 is 13.7 Å². The van der Waals surface area contributed by atoms with Crippen molar-refractivity contribution in [3.05, 3.63) is 53.7 Å². The molecule has 0 fully saturated rings. The molecular formula is C20H23FN6O2. The van der Waals surface area contributed by atoms with Gasteiger partial charge in [-0.05, 0) is 49.6 Å². The van der Waals surface area contributed by atoms with Gasteiger partial charge in [0.15, 0.2) is 5.82 Å². The van der Waals surface area contributed by atoms with Gasteiger partial charge in [-0.2, -0.15) is 5.10 Å². The van der Waals surface area contributed by atoms with E-state index in [1.165, 1.54) is 12.1 Å². The summed E-state index contributed by atoms with van der Waals surface area (Å²) in [5.41, 5.74) is 2.17. The van der Waals surface area contributed by atoms with E-state index in [1.54, 1.807) is 24.3 Å². The van der Waals surface area contributed by atoms with E-state index < -0.39 is 5.91 Å². The van der Waals surface area contributed by atoms with Crippen LogP contribution in [0.5, 0.6) is 0 Å². The molecule has 3 aromatic rings. The fraction of sp³-hybridized carbons (Fsp3) is 0.300. The largest absolute Gasteiger partial charge is 0.351 e. The van der Waals surface area contributed by atoms with Gasteiger partial charge in [0, 0.05) is 18.2 Å². The Morgan fingerprint density at radius 1 is 1.17 bits per heavy atom. The summed E-state index contributed by atoms with van der Waals surface area (Å²) in [6.45, 7) is 7.69. The second kappa shape index (κ2) is 8.68. The lowest BCUT2D eigenvalue weighted by Gasteiger charge is -2.09. The fourth-order valence-electron chi connectivity index (χ4n) is 2.48. The third kappa shape index (κ3) is 5.28. The van der Waals surface area contributed by atoms with Gasteiger partial charge in [-0.15, -0.1) is 0 Å². The summed E-state index contributed by atoms with van der Waals surface area (Å²) in [5, 5.41) is 16.6. The molecular weight excluding hydrogens is 375 g/mol. The number of guanidine groups is 1. The van der Waals surface area contributed by atoms with Gasteiger partial charge in [-0.1, -0.05) is 19.0 Å². The Hall–Kier alpha value is -3.49. The van der Waals surface area contributed by atoms with Crippen LogP contribution in [0.15, 0.2) is 45.9 Å². The summed E-state index contributed by atoms with van der Waals surface area (Å²) in [4.78, 5) is 16.9. The van der Waals surface area contributed by atoms with Crippen LogP contribution >= 0.6 is 0 Å². The molecule has 0 aliphatic heterocycles. The van der Waals surface area contributed by atoms with Crippen LogP contribution in [0, 0.1) is 5.82 Å². The molecule has 0 atom stereocenters. The zero-order chi connectivity index (χ0) is 21.0. The number of nitrogens with one attached hydrogen (secondary N) is 3. The molecule has 9 heteroatoms. The van der Waals surface area contributed by atoms with Gasteiger partial charge < -0.3 is 9.84 Å². The quantitative estimate of drug-likeness (QED) is 0.446. The van der Waals surface area contributed by atoms with E-state index >= 15 is 0 Å². The van der Waals surface area contributed by atoms with Crippen molar-refractivity contribution in [3.63, 3.8) is 0 Å². The van der Waals surface area contributed by atoms with Gasteiger partial charge in [0.05, 0.1) is 11.4 Å². The number of aromatic nitrogens is 3.